The van der Waals surface area contributed by atoms with Gasteiger partial charge in [-0.2, -0.15) is 0 Å². The molecule has 1 aromatic carbocycles. The Morgan fingerprint density at radius 1 is 1.15 bits per heavy atom. The number of fused-ring (bicyclic) bond motifs is 1. The lowest BCUT2D eigenvalue weighted by molar-refractivity contribution is 0.0990. The largest absolute Gasteiger partial charge is 0.486 e. The van der Waals surface area contributed by atoms with Gasteiger partial charge >= 0.3 is 0 Å². The maximum atomic E-state index is 12.3. The number of carbonyl (C=O) groups excluding carboxylic acids is 1. The van der Waals surface area contributed by atoms with E-state index >= 15 is 0 Å². The number of Topliss-reactive ketones (excluding diaryl/α,β-unsaturated/α-hetero) is 1. The zero-order valence-corrected chi connectivity index (χ0v) is 11.3. The van der Waals surface area contributed by atoms with E-state index in [9.17, 15) is 4.79 Å². The van der Waals surface area contributed by atoms with E-state index in [2.05, 4.69) is 4.98 Å². The van der Waals surface area contributed by atoms with Gasteiger partial charge in [0.05, 0.1) is 6.42 Å². The maximum absolute atomic E-state index is 12.3. The molecular weight excluding hydrogens is 254 g/mol. The average Bonchev–Trinajstić information content (AvgIpc) is 2.47. The number of ether oxygens (including phenoxy) is 2. The molecule has 2 heterocycles. The summed E-state index contributed by atoms with van der Waals surface area (Å²) < 4.78 is 10.9. The highest BCUT2D eigenvalue weighted by molar-refractivity contribution is 5.97. The first-order chi connectivity index (χ1) is 9.72. The van der Waals surface area contributed by atoms with Gasteiger partial charge in [0.15, 0.2) is 17.3 Å². The molecule has 1 aliphatic heterocycles. The Morgan fingerprint density at radius 3 is 2.75 bits per heavy atom. The van der Waals surface area contributed by atoms with Crippen LogP contribution in [0.4, 0.5) is 0 Å². The van der Waals surface area contributed by atoms with Crippen molar-refractivity contribution in [3.05, 3.63) is 53.3 Å². The molecule has 3 rings (SSSR count). The topological polar surface area (TPSA) is 48.4 Å². The van der Waals surface area contributed by atoms with Crippen LogP contribution < -0.4 is 9.47 Å². The molecule has 0 radical (unpaired) electrons. The van der Waals surface area contributed by atoms with Crippen LogP contribution in [0.2, 0.25) is 0 Å². The number of aryl methyl sites for hydroxylation is 1. The molecule has 1 aliphatic rings. The summed E-state index contributed by atoms with van der Waals surface area (Å²) in [5, 5.41) is 0. The highest BCUT2D eigenvalue weighted by Gasteiger charge is 2.15. The second kappa shape index (κ2) is 5.33. The van der Waals surface area contributed by atoms with E-state index in [-0.39, 0.29) is 5.78 Å². The zero-order valence-electron chi connectivity index (χ0n) is 11.3. The van der Waals surface area contributed by atoms with E-state index in [0.29, 0.717) is 36.7 Å². The zero-order chi connectivity index (χ0) is 13.9. The molecule has 4 nitrogen and oxygen atoms in total. The van der Waals surface area contributed by atoms with Gasteiger partial charge in [0, 0.05) is 17.0 Å². The van der Waals surface area contributed by atoms with Crippen LogP contribution in [0.1, 0.15) is 21.7 Å². The normalized spacial score (nSPS) is 13.1. The van der Waals surface area contributed by atoms with E-state index in [0.717, 1.165) is 11.4 Å². The van der Waals surface area contributed by atoms with Gasteiger partial charge in [-0.3, -0.25) is 9.78 Å². The van der Waals surface area contributed by atoms with Gasteiger partial charge in [-0.05, 0) is 37.3 Å². The van der Waals surface area contributed by atoms with Crippen molar-refractivity contribution in [1.29, 1.82) is 0 Å². The third-order valence-electron chi connectivity index (χ3n) is 3.15. The van der Waals surface area contributed by atoms with Crippen LogP contribution in [-0.4, -0.2) is 24.0 Å². The Bertz CT molecular complexity index is 652. The van der Waals surface area contributed by atoms with Crippen molar-refractivity contribution in [2.45, 2.75) is 13.3 Å². The first-order valence-corrected chi connectivity index (χ1v) is 6.58. The molecule has 1 aromatic heterocycles. The Morgan fingerprint density at radius 2 is 1.95 bits per heavy atom. The van der Waals surface area contributed by atoms with Crippen molar-refractivity contribution in [3.63, 3.8) is 0 Å². The molecule has 0 amide bonds. The Labute approximate surface area is 117 Å². The van der Waals surface area contributed by atoms with Crippen molar-refractivity contribution < 1.29 is 14.3 Å². The molecule has 0 bridgehead atoms. The second-order valence-electron chi connectivity index (χ2n) is 4.73. The van der Waals surface area contributed by atoms with Crippen LogP contribution in [-0.2, 0) is 6.42 Å². The quantitative estimate of drug-likeness (QED) is 0.804. The highest BCUT2D eigenvalue weighted by atomic mass is 16.6. The number of nitrogens with zero attached hydrogens (tertiary/aromatic N) is 1. The number of hydrogen-bond acceptors (Lipinski definition) is 4. The van der Waals surface area contributed by atoms with Crippen molar-refractivity contribution >= 4 is 5.78 Å². The van der Waals surface area contributed by atoms with E-state index in [1.54, 1.807) is 18.2 Å². The molecule has 0 N–H and O–H groups in total. The number of carbonyl (C=O) groups is 1. The average molecular weight is 269 g/mol. The van der Waals surface area contributed by atoms with Crippen molar-refractivity contribution in [2.75, 3.05) is 13.2 Å². The second-order valence-corrected chi connectivity index (χ2v) is 4.73. The maximum Gasteiger partial charge on any atom is 0.168 e. The summed E-state index contributed by atoms with van der Waals surface area (Å²) >= 11 is 0. The van der Waals surface area contributed by atoms with Crippen LogP contribution >= 0.6 is 0 Å². The van der Waals surface area contributed by atoms with Gasteiger partial charge in [-0.25, -0.2) is 0 Å². The first-order valence-electron chi connectivity index (χ1n) is 6.58. The third kappa shape index (κ3) is 2.64. The van der Waals surface area contributed by atoms with Gasteiger partial charge in [0.1, 0.15) is 13.2 Å². The van der Waals surface area contributed by atoms with Crippen molar-refractivity contribution in [1.82, 2.24) is 4.98 Å². The van der Waals surface area contributed by atoms with E-state index in [4.69, 9.17) is 9.47 Å². The lowest BCUT2D eigenvalue weighted by atomic mass is 10.1. The standard InChI is InChI=1S/C16H15NO3/c1-11-3-2-4-13(17-11)10-14(18)12-5-6-15-16(9-12)20-8-7-19-15/h2-6,9H,7-8,10H2,1H3. The fraction of sp³-hybridized carbons (Fsp3) is 0.250. The van der Waals surface area contributed by atoms with Crippen molar-refractivity contribution in [3.8, 4) is 11.5 Å². The molecule has 0 spiro atoms. The fourth-order valence-corrected chi connectivity index (χ4v) is 2.18. The number of ketones is 1. The van der Waals surface area contributed by atoms with Crippen LogP contribution in [0, 0.1) is 6.92 Å². The van der Waals surface area contributed by atoms with Gasteiger partial charge in [0.2, 0.25) is 0 Å². The number of rotatable bonds is 3. The molecular formula is C16H15NO3. The van der Waals surface area contributed by atoms with Gasteiger partial charge in [-0.15, -0.1) is 0 Å². The summed E-state index contributed by atoms with van der Waals surface area (Å²) in [6.07, 6.45) is 0.293. The predicted octanol–water partition coefficient (Wildman–Crippen LogP) is 2.59. The fourth-order valence-electron chi connectivity index (χ4n) is 2.18. The van der Waals surface area contributed by atoms with Crippen LogP contribution in [0.5, 0.6) is 11.5 Å². The minimum atomic E-state index is 0.0278. The van der Waals surface area contributed by atoms with Crippen LogP contribution in [0.15, 0.2) is 36.4 Å². The van der Waals surface area contributed by atoms with Crippen LogP contribution in [0.25, 0.3) is 0 Å². The van der Waals surface area contributed by atoms with Gasteiger partial charge in [0.25, 0.3) is 0 Å². The number of hydrogen-bond donors (Lipinski definition) is 0. The molecule has 0 saturated carbocycles. The molecule has 0 unspecified atom stereocenters. The Kier molecular flexibility index (Phi) is 3.37. The molecule has 0 fully saturated rings. The summed E-state index contributed by atoms with van der Waals surface area (Å²) in [6.45, 7) is 2.98. The Hall–Kier alpha value is -2.36. The number of benzene rings is 1. The minimum Gasteiger partial charge on any atom is -0.486 e. The van der Waals surface area contributed by atoms with Crippen LogP contribution in [0.3, 0.4) is 0 Å². The molecule has 2 aromatic rings. The number of pyridine rings is 1. The summed E-state index contributed by atoms with van der Waals surface area (Å²) in [4.78, 5) is 16.6. The first kappa shape index (κ1) is 12.7. The summed E-state index contributed by atoms with van der Waals surface area (Å²) in [7, 11) is 0. The molecule has 0 saturated heterocycles. The number of aromatic nitrogens is 1. The van der Waals surface area contributed by atoms with Crippen molar-refractivity contribution in [2.24, 2.45) is 0 Å². The molecule has 102 valence electrons. The summed E-state index contributed by atoms with van der Waals surface area (Å²) in [5.41, 5.74) is 2.32. The smallest absolute Gasteiger partial charge is 0.168 e. The van der Waals surface area contributed by atoms with Gasteiger partial charge < -0.3 is 9.47 Å². The lowest BCUT2D eigenvalue weighted by Gasteiger charge is -2.18. The SMILES string of the molecule is Cc1cccc(CC(=O)c2ccc3c(c2)OCCO3)n1. The molecule has 4 heteroatoms. The molecule has 0 aliphatic carbocycles. The molecule has 0 atom stereocenters. The minimum absolute atomic E-state index is 0.0278. The lowest BCUT2D eigenvalue weighted by Crippen LogP contribution is -2.16. The Balaban J connectivity index is 1.80. The van der Waals surface area contributed by atoms with E-state index in [1.165, 1.54) is 0 Å². The van der Waals surface area contributed by atoms with Gasteiger partial charge in [-0.1, -0.05) is 6.07 Å². The summed E-state index contributed by atoms with van der Waals surface area (Å²) in [6, 6.07) is 11.0. The van der Waals surface area contributed by atoms with E-state index < -0.39 is 0 Å². The third-order valence-corrected chi connectivity index (χ3v) is 3.15. The van der Waals surface area contributed by atoms with E-state index in [1.807, 2.05) is 25.1 Å². The monoisotopic (exact) mass is 269 g/mol. The highest BCUT2D eigenvalue weighted by Crippen LogP contribution is 2.31. The molecule has 20 heavy (non-hydrogen) atoms. The summed E-state index contributed by atoms with van der Waals surface area (Å²) in [5.74, 6) is 1.36. The predicted molar refractivity (Wildman–Crippen MR) is 74.4 cm³/mol.